The van der Waals surface area contributed by atoms with Crippen molar-refractivity contribution in [2.45, 2.75) is 17.8 Å². The van der Waals surface area contributed by atoms with Crippen LogP contribution in [-0.4, -0.2) is 10.4 Å². The van der Waals surface area contributed by atoms with Crippen molar-refractivity contribution in [3.8, 4) is 0 Å². The summed E-state index contributed by atoms with van der Waals surface area (Å²) in [5, 5.41) is 3.22. The van der Waals surface area contributed by atoms with Crippen molar-refractivity contribution in [1.82, 2.24) is 4.98 Å². The number of benzene rings is 1. The van der Waals surface area contributed by atoms with E-state index in [0.717, 1.165) is 12.0 Å². The summed E-state index contributed by atoms with van der Waals surface area (Å²) >= 11 is 12.0. The molecule has 2 atom stereocenters. The summed E-state index contributed by atoms with van der Waals surface area (Å²) in [6, 6.07) is 9.07. The first kappa shape index (κ1) is 12.7. The van der Waals surface area contributed by atoms with Gasteiger partial charge in [-0.3, -0.25) is 0 Å². The fraction of sp³-hybridized carbons (Fsp3) is 0.214. The van der Waals surface area contributed by atoms with Gasteiger partial charge in [-0.25, -0.2) is 9.37 Å². The predicted molar refractivity (Wildman–Crippen MR) is 75.4 cm³/mol. The van der Waals surface area contributed by atoms with Crippen LogP contribution in [0.25, 0.3) is 0 Å². The molecule has 0 amide bonds. The Labute approximate surface area is 120 Å². The fourth-order valence-electron chi connectivity index (χ4n) is 2.38. The molecular formula is C14H11Cl2FN2. The maximum absolute atomic E-state index is 13.8. The molecule has 1 aromatic carbocycles. The zero-order valence-electron chi connectivity index (χ0n) is 9.91. The summed E-state index contributed by atoms with van der Waals surface area (Å²) in [5.41, 5.74) is 2.29. The molecule has 0 radical (unpaired) electrons. The summed E-state index contributed by atoms with van der Waals surface area (Å²) in [4.78, 5) is 3.97. The smallest absolute Gasteiger partial charge is 0.166 e. The third-order valence-corrected chi connectivity index (χ3v) is 3.88. The second-order valence-electron chi connectivity index (χ2n) is 4.52. The van der Waals surface area contributed by atoms with Crippen LogP contribution in [0.1, 0.15) is 17.2 Å². The quantitative estimate of drug-likeness (QED) is 0.841. The highest BCUT2D eigenvalue weighted by atomic mass is 35.5. The van der Waals surface area contributed by atoms with Gasteiger partial charge in [-0.2, -0.15) is 0 Å². The molecule has 5 heteroatoms. The number of hydrogen-bond acceptors (Lipinski definition) is 2. The summed E-state index contributed by atoms with van der Waals surface area (Å²) in [6.07, 6.45) is 2.18. The third-order valence-electron chi connectivity index (χ3n) is 3.27. The van der Waals surface area contributed by atoms with Gasteiger partial charge in [0, 0.05) is 6.20 Å². The summed E-state index contributed by atoms with van der Waals surface area (Å²) in [6.45, 7) is 0. The number of aromatic nitrogens is 1. The minimum absolute atomic E-state index is 0.116. The largest absolute Gasteiger partial charge is 0.359 e. The minimum atomic E-state index is -0.472. The van der Waals surface area contributed by atoms with Crippen molar-refractivity contribution in [3.63, 3.8) is 0 Å². The first-order valence-corrected chi connectivity index (χ1v) is 6.76. The molecule has 2 aromatic rings. The Hall–Kier alpha value is -1.32. The second-order valence-corrected chi connectivity index (χ2v) is 5.52. The number of alkyl halides is 1. The Kier molecular flexibility index (Phi) is 3.33. The van der Waals surface area contributed by atoms with Crippen LogP contribution in [0.2, 0.25) is 5.02 Å². The zero-order valence-corrected chi connectivity index (χ0v) is 11.4. The van der Waals surface area contributed by atoms with Crippen LogP contribution in [0.3, 0.4) is 0 Å². The van der Waals surface area contributed by atoms with Crippen LogP contribution in [0.15, 0.2) is 36.5 Å². The minimum Gasteiger partial charge on any atom is -0.359 e. The Morgan fingerprint density at radius 3 is 2.89 bits per heavy atom. The molecule has 3 rings (SSSR count). The number of fused-ring (bicyclic) bond motifs is 1. The van der Waals surface area contributed by atoms with Crippen molar-refractivity contribution in [2.75, 3.05) is 5.32 Å². The first-order chi connectivity index (χ1) is 9.15. The van der Waals surface area contributed by atoms with Gasteiger partial charge in [0.05, 0.1) is 16.4 Å². The van der Waals surface area contributed by atoms with E-state index in [9.17, 15) is 4.39 Å². The Bertz CT molecular complexity index is 618. The lowest BCUT2D eigenvalue weighted by molar-refractivity contribution is 0.619. The number of pyridine rings is 1. The molecule has 0 saturated heterocycles. The van der Waals surface area contributed by atoms with E-state index in [1.165, 1.54) is 17.8 Å². The molecule has 1 aliphatic rings. The Morgan fingerprint density at radius 1 is 1.32 bits per heavy atom. The molecule has 1 aliphatic carbocycles. The maximum Gasteiger partial charge on any atom is 0.166 e. The standard InChI is InChI=1S/C14H11Cl2FN2/c15-9-6-12(17)14(18-7-9)19-13-10-4-2-1-3-8(10)5-11(13)16/h1-4,6-7,11,13H,5H2,(H,18,19). The van der Waals surface area contributed by atoms with Crippen LogP contribution >= 0.6 is 23.2 Å². The second kappa shape index (κ2) is 4.99. The number of rotatable bonds is 2. The van der Waals surface area contributed by atoms with Crippen molar-refractivity contribution >= 4 is 29.0 Å². The molecule has 0 bridgehead atoms. The lowest BCUT2D eigenvalue weighted by Crippen LogP contribution is -2.18. The molecular weight excluding hydrogens is 286 g/mol. The molecule has 19 heavy (non-hydrogen) atoms. The number of halogens is 3. The van der Waals surface area contributed by atoms with E-state index >= 15 is 0 Å². The van der Waals surface area contributed by atoms with Gasteiger partial charge < -0.3 is 5.32 Å². The number of anilines is 1. The van der Waals surface area contributed by atoms with Gasteiger partial charge in [-0.15, -0.1) is 11.6 Å². The van der Waals surface area contributed by atoms with Gasteiger partial charge in [-0.1, -0.05) is 35.9 Å². The van der Waals surface area contributed by atoms with Gasteiger partial charge in [0.2, 0.25) is 0 Å². The van der Waals surface area contributed by atoms with Crippen molar-refractivity contribution in [1.29, 1.82) is 0 Å². The number of hydrogen-bond donors (Lipinski definition) is 1. The average molecular weight is 297 g/mol. The molecule has 2 nitrogen and oxygen atoms in total. The highest BCUT2D eigenvalue weighted by Crippen LogP contribution is 2.37. The Balaban J connectivity index is 1.91. The van der Waals surface area contributed by atoms with Crippen LogP contribution < -0.4 is 5.32 Å². The summed E-state index contributed by atoms with van der Waals surface area (Å²) in [7, 11) is 0. The van der Waals surface area contributed by atoms with E-state index in [2.05, 4.69) is 10.3 Å². The zero-order chi connectivity index (χ0) is 13.4. The lowest BCUT2D eigenvalue weighted by atomic mass is 10.1. The average Bonchev–Trinajstić information content (AvgIpc) is 2.69. The highest BCUT2D eigenvalue weighted by molar-refractivity contribution is 6.30. The third kappa shape index (κ3) is 2.40. The summed E-state index contributed by atoms with van der Waals surface area (Å²) < 4.78 is 13.8. The number of nitrogens with one attached hydrogen (secondary N) is 1. The van der Waals surface area contributed by atoms with Gasteiger partial charge in [0.1, 0.15) is 0 Å². The van der Waals surface area contributed by atoms with Crippen LogP contribution in [0.4, 0.5) is 10.2 Å². The van der Waals surface area contributed by atoms with E-state index < -0.39 is 5.82 Å². The molecule has 0 spiro atoms. The van der Waals surface area contributed by atoms with E-state index in [4.69, 9.17) is 23.2 Å². The summed E-state index contributed by atoms with van der Waals surface area (Å²) in [5.74, 6) is -0.294. The highest BCUT2D eigenvalue weighted by Gasteiger charge is 2.31. The van der Waals surface area contributed by atoms with Crippen LogP contribution in [0.5, 0.6) is 0 Å². The van der Waals surface area contributed by atoms with E-state index in [1.807, 2.05) is 24.3 Å². The van der Waals surface area contributed by atoms with E-state index in [1.54, 1.807) is 0 Å². The van der Waals surface area contributed by atoms with Crippen molar-refractivity contribution < 1.29 is 4.39 Å². The molecule has 98 valence electrons. The molecule has 0 saturated carbocycles. The van der Waals surface area contributed by atoms with Gasteiger partial charge in [-0.05, 0) is 23.6 Å². The van der Waals surface area contributed by atoms with E-state index in [-0.39, 0.29) is 22.3 Å². The Morgan fingerprint density at radius 2 is 2.11 bits per heavy atom. The van der Waals surface area contributed by atoms with Gasteiger partial charge >= 0.3 is 0 Å². The molecule has 0 aliphatic heterocycles. The maximum atomic E-state index is 13.8. The molecule has 1 aromatic heterocycles. The van der Waals surface area contributed by atoms with Crippen molar-refractivity contribution in [3.05, 3.63) is 58.5 Å². The monoisotopic (exact) mass is 296 g/mol. The lowest BCUT2D eigenvalue weighted by Gasteiger charge is -2.18. The SMILES string of the molecule is Fc1cc(Cl)cnc1NC1c2ccccc2CC1Cl. The van der Waals surface area contributed by atoms with E-state index in [0.29, 0.717) is 0 Å². The molecule has 1 heterocycles. The normalized spacial score (nSPS) is 21.2. The topological polar surface area (TPSA) is 24.9 Å². The number of nitrogens with zero attached hydrogens (tertiary/aromatic N) is 1. The van der Waals surface area contributed by atoms with Crippen molar-refractivity contribution in [2.24, 2.45) is 0 Å². The predicted octanol–water partition coefficient (Wildman–Crippen LogP) is 4.19. The fourth-order valence-corrected chi connectivity index (χ4v) is 2.89. The molecule has 0 fully saturated rings. The van der Waals surface area contributed by atoms with Crippen LogP contribution in [-0.2, 0) is 6.42 Å². The van der Waals surface area contributed by atoms with Gasteiger partial charge in [0.15, 0.2) is 11.6 Å². The van der Waals surface area contributed by atoms with Crippen LogP contribution in [0, 0.1) is 5.82 Å². The first-order valence-electron chi connectivity index (χ1n) is 5.94. The molecule has 1 N–H and O–H groups in total. The van der Waals surface area contributed by atoms with Gasteiger partial charge in [0.25, 0.3) is 0 Å². The molecule has 2 unspecified atom stereocenters.